The zero-order valence-corrected chi connectivity index (χ0v) is 15.0. The molecule has 0 spiro atoms. The topological polar surface area (TPSA) is 81.9 Å². The van der Waals surface area contributed by atoms with Crippen molar-refractivity contribution in [3.8, 4) is 11.5 Å². The minimum atomic E-state index is -3.65. The van der Waals surface area contributed by atoms with Crippen molar-refractivity contribution in [1.29, 1.82) is 0 Å². The molecule has 0 N–H and O–H groups in total. The van der Waals surface area contributed by atoms with Crippen molar-refractivity contribution in [2.24, 2.45) is 0 Å². The van der Waals surface area contributed by atoms with Crippen molar-refractivity contribution < 1.29 is 22.4 Å². The van der Waals surface area contributed by atoms with E-state index in [9.17, 15) is 8.42 Å². The molecule has 134 valence electrons. The molecule has 0 radical (unpaired) electrons. The van der Waals surface area contributed by atoms with Gasteiger partial charge in [-0.15, -0.1) is 0 Å². The van der Waals surface area contributed by atoms with E-state index in [1.54, 1.807) is 22.5 Å². The lowest BCUT2D eigenvalue weighted by molar-refractivity contribution is 0.171. The van der Waals surface area contributed by atoms with Crippen LogP contribution < -0.4 is 9.47 Å². The minimum absolute atomic E-state index is 0.218. The Labute approximate surface area is 146 Å². The molecule has 0 aliphatic carbocycles. The Morgan fingerprint density at radius 3 is 2.64 bits per heavy atom. The lowest BCUT2D eigenvalue weighted by Crippen LogP contribution is -2.31. The van der Waals surface area contributed by atoms with Gasteiger partial charge in [0.25, 0.3) is 0 Å². The number of fused-ring (bicyclic) bond motifs is 1. The lowest BCUT2D eigenvalue weighted by Gasteiger charge is -2.25. The summed E-state index contributed by atoms with van der Waals surface area (Å²) >= 11 is 0. The van der Waals surface area contributed by atoms with Gasteiger partial charge in [-0.05, 0) is 38.8 Å². The highest BCUT2D eigenvalue weighted by Gasteiger charge is 2.39. The largest absolute Gasteiger partial charge is 0.486 e. The second kappa shape index (κ2) is 6.03. The van der Waals surface area contributed by atoms with Gasteiger partial charge in [-0.1, -0.05) is 5.16 Å². The summed E-state index contributed by atoms with van der Waals surface area (Å²) in [4.78, 5) is 0.218. The molecule has 2 aliphatic rings. The van der Waals surface area contributed by atoms with Crippen LogP contribution in [0, 0.1) is 13.8 Å². The Morgan fingerprint density at radius 2 is 1.92 bits per heavy atom. The molecule has 3 heterocycles. The van der Waals surface area contributed by atoms with Crippen LogP contribution in [0.4, 0.5) is 0 Å². The number of rotatable bonds is 3. The summed E-state index contributed by atoms with van der Waals surface area (Å²) in [6.45, 7) is 5.04. The number of ether oxygens (including phenoxy) is 2. The van der Waals surface area contributed by atoms with Crippen LogP contribution >= 0.6 is 0 Å². The van der Waals surface area contributed by atoms with Gasteiger partial charge in [0.15, 0.2) is 11.5 Å². The molecule has 0 saturated carbocycles. The lowest BCUT2D eigenvalue weighted by atomic mass is 10.0. The van der Waals surface area contributed by atoms with Crippen LogP contribution in [0.15, 0.2) is 27.6 Å². The first kappa shape index (κ1) is 16.4. The van der Waals surface area contributed by atoms with E-state index in [1.807, 2.05) is 13.8 Å². The monoisotopic (exact) mass is 364 g/mol. The van der Waals surface area contributed by atoms with Crippen molar-refractivity contribution in [3.63, 3.8) is 0 Å². The third kappa shape index (κ3) is 2.69. The standard InChI is InChI=1S/C17H20N2O5S/c1-11-17(12(2)24-18-11)14-4-3-7-19(14)25(20,21)13-5-6-15-16(10-13)23-9-8-22-15/h5-6,10,14H,3-4,7-9H2,1-2H3/t14-/m1/s1. The molecule has 1 fully saturated rings. The van der Waals surface area contributed by atoms with Gasteiger partial charge in [0.1, 0.15) is 19.0 Å². The van der Waals surface area contributed by atoms with Gasteiger partial charge in [-0.3, -0.25) is 0 Å². The number of hydrogen-bond donors (Lipinski definition) is 0. The summed E-state index contributed by atoms with van der Waals surface area (Å²) in [5, 5.41) is 3.97. The minimum Gasteiger partial charge on any atom is -0.486 e. The van der Waals surface area contributed by atoms with E-state index in [4.69, 9.17) is 14.0 Å². The fourth-order valence-corrected chi connectivity index (χ4v) is 5.28. The quantitative estimate of drug-likeness (QED) is 0.833. The van der Waals surface area contributed by atoms with Crippen LogP contribution in [-0.2, 0) is 10.0 Å². The molecular weight excluding hydrogens is 344 g/mol. The first-order chi connectivity index (χ1) is 12.0. The van der Waals surface area contributed by atoms with Gasteiger partial charge < -0.3 is 14.0 Å². The normalized spacial score (nSPS) is 20.8. The Balaban J connectivity index is 1.72. The highest BCUT2D eigenvalue weighted by atomic mass is 32.2. The van der Waals surface area contributed by atoms with Gasteiger partial charge >= 0.3 is 0 Å². The van der Waals surface area contributed by atoms with Gasteiger partial charge in [0, 0.05) is 18.2 Å². The van der Waals surface area contributed by atoms with E-state index in [0.717, 1.165) is 24.1 Å². The molecule has 2 aromatic rings. The second-order valence-electron chi connectivity index (χ2n) is 6.32. The molecule has 1 atom stereocenters. The zero-order valence-electron chi connectivity index (χ0n) is 14.2. The van der Waals surface area contributed by atoms with Crippen molar-refractivity contribution >= 4 is 10.0 Å². The average molecular weight is 364 g/mol. The summed E-state index contributed by atoms with van der Waals surface area (Å²) < 4.78 is 44.2. The van der Waals surface area contributed by atoms with E-state index in [0.29, 0.717) is 37.0 Å². The number of hydrogen-bond acceptors (Lipinski definition) is 6. The fraction of sp³-hybridized carbons (Fsp3) is 0.471. The van der Waals surface area contributed by atoms with Gasteiger partial charge in [0.05, 0.1) is 16.6 Å². The van der Waals surface area contributed by atoms with E-state index in [2.05, 4.69) is 5.16 Å². The summed E-state index contributed by atoms with van der Waals surface area (Å²) in [5.74, 6) is 1.72. The Bertz CT molecular complexity index is 886. The molecule has 0 amide bonds. The second-order valence-corrected chi connectivity index (χ2v) is 8.21. The number of sulfonamides is 1. The maximum Gasteiger partial charge on any atom is 0.243 e. The van der Waals surface area contributed by atoms with Gasteiger partial charge in [0.2, 0.25) is 10.0 Å². The predicted molar refractivity (Wildman–Crippen MR) is 89.3 cm³/mol. The van der Waals surface area contributed by atoms with E-state index < -0.39 is 10.0 Å². The van der Waals surface area contributed by atoms with E-state index in [1.165, 1.54) is 0 Å². The number of benzene rings is 1. The first-order valence-electron chi connectivity index (χ1n) is 8.33. The molecule has 1 aromatic heterocycles. The van der Waals surface area contributed by atoms with Crippen molar-refractivity contribution in [2.75, 3.05) is 19.8 Å². The molecule has 0 bridgehead atoms. The number of nitrogens with zero attached hydrogens (tertiary/aromatic N) is 2. The predicted octanol–water partition coefficient (Wildman–Crippen LogP) is 2.59. The van der Waals surface area contributed by atoms with Crippen molar-refractivity contribution in [2.45, 2.75) is 37.6 Å². The third-order valence-corrected chi connectivity index (χ3v) is 6.65. The van der Waals surface area contributed by atoms with Gasteiger partial charge in [-0.25, -0.2) is 8.42 Å². The maximum absolute atomic E-state index is 13.2. The maximum atomic E-state index is 13.2. The van der Waals surface area contributed by atoms with Crippen molar-refractivity contribution in [1.82, 2.24) is 9.46 Å². The summed E-state index contributed by atoms with van der Waals surface area (Å²) in [7, 11) is -3.65. The molecule has 2 aliphatic heterocycles. The molecular formula is C17H20N2O5S. The average Bonchev–Trinajstić information content (AvgIpc) is 3.21. The van der Waals surface area contributed by atoms with Crippen LogP contribution in [0.2, 0.25) is 0 Å². The van der Waals surface area contributed by atoms with E-state index in [-0.39, 0.29) is 10.9 Å². The SMILES string of the molecule is Cc1noc(C)c1[C@H]1CCCN1S(=O)(=O)c1ccc2c(c1)OCCO2. The highest BCUT2D eigenvalue weighted by Crippen LogP contribution is 2.40. The van der Waals surface area contributed by atoms with Crippen LogP contribution in [0.25, 0.3) is 0 Å². The molecule has 0 unspecified atom stereocenters. The van der Waals surface area contributed by atoms with E-state index >= 15 is 0 Å². The van der Waals surface area contributed by atoms with Crippen LogP contribution in [-0.4, -0.2) is 37.6 Å². The first-order valence-corrected chi connectivity index (χ1v) is 9.77. The highest BCUT2D eigenvalue weighted by molar-refractivity contribution is 7.89. The number of aryl methyl sites for hydroxylation is 2. The molecule has 8 heteroatoms. The Hall–Kier alpha value is -2.06. The molecule has 1 saturated heterocycles. The third-order valence-electron chi connectivity index (χ3n) is 4.75. The van der Waals surface area contributed by atoms with Crippen LogP contribution in [0.5, 0.6) is 11.5 Å². The van der Waals surface area contributed by atoms with Crippen LogP contribution in [0.1, 0.15) is 35.9 Å². The Kier molecular flexibility index (Phi) is 3.96. The summed E-state index contributed by atoms with van der Waals surface area (Å²) in [6, 6.07) is 4.53. The van der Waals surface area contributed by atoms with Gasteiger partial charge in [-0.2, -0.15) is 4.31 Å². The zero-order chi connectivity index (χ0) is 17.6. The number of aromatic nitrogens is 1. The van der Waals surface area contributed by atoms with Crippen LogP contribution in [0.3, 0.4) is 0 Å². The summed E-state index contributed by atoms with van der Waals surface area (Å²) in [5.41, 5.74) is 1.62. The molecule has 7 nitrogen and oxygen atoms in total. The molecule has 25 heavy (non-hydrogen) atoms. The Morgan fingerprint density at radius 1 is 1.16 bits per heavy atom. The molecule has 1 aromatic carbocycles. The fourth-order valence-electron chi connectivity index (χ4n) is 3.60. The smallest absolute Gasteiger partial charge is 0.243 e. The summed E-state index contributed by atoms with van der Waals surface area (Å²) in [6.07, 6.45) is 1.56. The van der Waals surface area contributed by atoms with Crippen molar-refractivity contribution in [3.05, 3.63) is 35.2 Å². The molecule has 4 rings (SSSR count).